The van der Waals surface area contributed by atoms with E-state index in [2.05, 4.69) is 15.3 Å². The molecule has 1 heterocycles. The number of rotatable bonds is 8. The maximum atomic E-state index is 12.2. The first-order chi connectivity index (χ1) is 12.0. The number of aromatic amines is 1. The van der Waals surface area contributed by atoms with E-state index in [1.165, 1.54) is 27.4 Å². The smallest absolute Gasteiger partial charge is 0.251 e. The van der Waals surface area contributed by atoms with Crippen molar-refractivity contribution in [2.75, 3.05) is 32.4 Å². The van der Waals surface area contributed by atoms with Crippen LogP contribution in [0.2, 0.25) is 0 Å². The van der Waals surface area contributed by atoms with E-state index in [1.807, 2.05) is 0 Å². The van der Waals surface area contributed by atoms with Crippen LogP contribution in [0.25, 0.3) is 0 Å². The van der Waals surface area contributed by atoms with Crippen molar-refractivity contribution < 1.29 is 19.0 Å². The normalized spacial score (nSPS) is 10.4. The van der Waals surface area contributed by atoms with E-state index in [0.717, 1.165) is 11.8 Å². The highest BCUT2D eigenvalue weighted by Crippen LogP contribution is 2.29. The second-order valence-electron chi connectivity index (χ2n) is 4.88. The Morgan fingerprint density at radius 3 is 2.72 bits per heavy atom. The summed E-state index contributed by atoms with van der Waals surface area (Å²) in [6.45, 7) is 0.227. The zero-order valence-electron chi connectivity index (χ0n) is 14.1. The predicted molar refractivity (Wildman–Crippen MR) is 94.5 cm³/mol. The average molecular weight is 365 g/mol. The number of carbonyl (C=O) groups excluding carboxylic acids is 1. The van der Waals surface area contributed by atoms with Gasteiger partial charge in [-0.2, -0.15) is 0 Å². The molecule has 1 aromatic carbocycles. The third-order valence-electron chi connectivity index (χ3n) is 3.09. The molecule has 8 nitrogen and oxygen atoms in total. The number of ether oxygens (including phenoxy) is 3. The van der Waals surface area contributed by atoms with Gasteiger partial charge >= 0.3 is 0 Å². The van der Waals surface area contributed by atoms with Crippen molar-refractivity contribution in [3.8, 4) is 11.5 Å². The van der Waals surface area contributed by atoms with E-state index in [9.17, 15) is 9.59 Å². The van der Waals surface area contributed by atoms with Crippen LogP contribution >= 0.6 is 11.8 Å². The minimum absolute atomic E-state index is 0.0692. The van der Waals surface area contributed by atoms with Crippen LogP contribution in [-0.4, -0.2) is 43.0 Å². The summed E-state index contributed by atoms with van der Waals surface area (Å²) in [6.07, 6.45) is 0. The molecule has 0 saturated heterocycles. The molecule has 0 aliphatic rings. The van der Waals surface area contributed by atoms with Crippen molar-refractivity contribution in [2.24, 2.45) is 0 Å². The van der Waals surface area contributed by atoms with Gasteiger partial charge in [-0.25, -0.2) is 4.98 Å². The molecule has 0 fully saturated rings. The lowest BCUT2D eigenvalue weighted by Crippen LogP contribution is -2.16. The summed E-state index contributed by atoms with van der Waals surface area (Å²) in [7, 11) is 4.57. The minimum Gasteiger partial charge on any atom is -0.497 e. The Kier molecular flexibility index (Phi) is 6.84. The largest absolute Gasteiger partial charge is 0.497 e. The number of nitrogens with one attached hydrogen (secondary N) is 2. The zero-order valence-corrected chi connectivity index (χ0v) is 14.9. The van der Waals surface area contributed by atoms with Crippen molar-refractivity contribution in [3.63, 3.8) is 0 Å². The molecule has 0 unspecified atom stereocenters. The molecule has 0 aliphatic carbocycles. The molecule has 0 aliphatic heterocycles. The Morgan fingerprint density at radius 2 is 2.04 bits per heavy atom. The van der Waals surface area contributed by atoms with Crippen LogP contribution in [0.5, 0.6) is 11.5 Å². The Bertz CT molecular complexity index is 794. The molecule has 2 N–H and O–H groups in total. The Labute approximate surface area is 148 Å². The number of hydrogen-bond acceptors (Lipinski definition) is 7. The fourth-order valence-electron chi connectivity index (χ4n) is 2.01. The Balaban J connectivity index is 2.03. The van der Waals surface area contributed by atoms with Gasteiger partial charge in [0.2, 0.25) is 5.91 Å². The monoisotopic (exact) mass is 365 g/mol. The summed E-state index contributed by atoms with van der Waals surface area (Å²) in [4.78, 5) is 30.6. The van der Waals surface area contributed by atoms with Crippen molar-refractivity contribution in [1.29, 1.82) is 0 Å². The summed E-state index contributed by atoms with van der Waals surface area (Å²) >= 11 is 1.12. The summed E-state index contributed by atoms with van der Waals surface area (Å²) in [6, 6.07) is 6.46. The van der Waals surface area contributed by atoms with Crippen LogP contribution in [0.4, 0.5) is 5.69 Å². The number of methoxy groups -OCH3 is 3. The number of H-pyrrole nitrogens is 1. The van der Waals surface area contributed by atoms with E-state index in [1.54, 1.807) is 18.2 Å². The van der Waals surface area contributed by atoms with Crippen LogP contribution in [0.1, 0.15) is 5.69 Å². The predicted octanol–water partition coefficient (Wildman–Crippen LogP) is 1.66. The zero-order chi connectivity index (χ0) is 18.2. The molecule has 134 valence electrons. The van der Waals surface area contributed by atoms with Gasteiger partial charge in [0.1, 0.15) is 11.5 Å². The summed E-state index contributed by atoms with van der Waals surface area (Å²) in [5.74, 6) is 0.922. The van der Waals surface area contributed by atoms with Crippen LogP contribution in [0.3, 0.4) is 0 Å². The SMILES string of the molecule is COCc1cc(=O)[nH]c(SCC(=O)Nc2cc(OC)ccc2OC)n1. The lowest BCUT2D eigenvalue weighted by Gasteiger charge is -2.11. The Hall–Kier alpha value is -2.52. The minimum atomic E-state index is -0.292. The maximum Gasteiger partial charge on any atom is 0.251 e. The lowest BCUT2D eigenvalue weighted by atomic mass is 10.2. The number of nitrogens with zero attached hydrogens (tertiary/aromatic N) is 1. The number of thioether (sulfide) groups is 1. The molecule has 9 heteroatoms. The van der Waals surface area contributed by atoms with E-state index >= 15 is 0 Å². The fourth-order valence-corrected chi connectivity index (χ4v) is 2.70. The van der Waals surface area contributed by atoms with Crippen LogP contribution in [0, 0.1) is 0 Å². The molecular weight excluding hydrogens is 346 g/mol. The maximum absolute atomic E-state index is 12.2. The van der Waals surface area contributed by atoms with Crippen molar-refractivity contribution in [3.05, 3.63) is 40.3 Å². The molecule has 1 amide bonds. The summed E-state index contributed by atoms with van der Waals surface area (Å²) in [5.41, 5.74) is 0.713. The standard InChI is InChI=1S/C16H19N3O5S/c1-22-8-10-6-14(20)19-16(17-10)25-9-15(21)18-12-7-11(23-2)4-5-13(12)24-3/h4-7H,8-9H2,1-3H3,(H,18,21)(H,17,19,20). The number of carbonyl (C=O) groups is 1. The van der Waals surface area contributed by atoms with E-state index in [4.69, 9.17) is 14.2 Å². The van der Waals surface area contributed by atoms with Gasteiger partial charge in [0.15, 0.2) is 5.16 Å². The molecule has 0 atom stereocenters. The highest BCUT2D eigenvalue weighted by molar-refractivity contribution is 7.99. The molecular formula is C16H19N3O5S. The van der Waals surface area contributed by atoms with Crippen LogP contribution in [0.15, 0.2) is 34.2 Å². The van der Waals surface area contributed by atoms with Crippen molar-refractivity contribution in [2.45, 2.75) is 11.8 Å². The number of hydrogen-bond donors (Lipinski definition) is 2. The molecule has 0 radical (unpaired) electrons. The molecule has 2 aromatic rings. The van der Waals surface area contributed by atoms with Crippen molar-refractivity contribution in [1.82, 2.24) is 9.97 Å². The van der Waals surface area contributed by atoms with Gasteiger partial charge in [-0.3, -0.25) is 9.59 Å². The van der Waals surface area contributed by atoms with Gasteiger partial charge in [0, 0.05) is 19.2 Å². The highest BCUT2D eigenvalue weighted by Gasteiger charge is 2.11. The third kappa shape index (κ3) is 5.50. The first kappa shape index (κ1) is 18.8. The van der Waals surface area contributed by atoms with Crippen LogP contribution < -0.4 is 20.3 Å². The van der Waals surface area contributed by atoms with Crippen molar-refractivity contribution >= 4 is 23.4 Å². The fraction of sp³-hybridized carbons (Fsp3) is 0.312. The second-order valence-corrected chi connectivity index (χ2v) is 5.84. The summed E-state index contributed by atoms with van der Waals surface area (Å²) < 4.78 is 15.3. The first-order valence-electron chi connectivity index (χ1n) is 7.29. The molecule has 2 rings (SSSR count). The van der Waals surface area contributed by atoms with Gasteiger partial charge in [0.25, 0.3) is 5.56 Å². The summed E-state index contributed by atoms with van der Waals surface area (Å²) in [5, 5.41) is 3.11. The first-order valence-corrected chi connectivity index (χ1v) is 8.28. The lowest BCUT2D eigenvalue weighted by molar-refractivity contribution is -0.113. The van der Waals surface area contributed by atoms with Gasteiger partial charge in [-0.1, -0.05) is 11.8 Å². The molecule has 0 saturated carbocycles. The number of aromatic nitrogens is 2. The molecule has 1 aromatic heterocycles. The van der Waals surface area contributed by atoms with E-state index in [0.29, 0.717) is 28.0 Å². The number of anilines is 1. The topological polar surface area (TPSA) is 103 Å². The Morgan fingerprint density at radius 1 is 1.24 bits per heavy atom. The van der Waals surface area contributed by atoms with E-state index < -0.39 is 0 Å². The molecule has 0 spiro atoms. The highest BCUT2D eigenvalue weighted by atomic mass is 32.2. The number of amides is 1. The third-order valence-corrected chi connectivity index (χ3v) is 3.96. The van der Waals surface area contributed by atoms with Crippen LogP contribution in [-0.2, 0) is 16.1 Å². The van der Waals surface area contributed by atoms with Gasteiger partial charge < -0.3 is 24.5 Å². The van der Waals surface area contributed by atoms with Gasteiger partial charge in [0.05, 0.1) is 38.0 Å². The van der Waals surface area contributed by atoms with Gasteiger partial charge in [-0.05, 0) is 12.1 Å². The average Bonchev–Trinajstić information content (AvgIpc) is 2.59. The van der Waals surface area contributed by atoms with Gasteiger partial charge in [-0.15, -0.1) is 0 Å². The van der Waals surface area contributed by atoms with E-state index in [-0.39, 0.29) is 23.8 Å². The molecule has 25 heavy (non-hydrogen) atoms. The second kappa shape index (κ2) is 9.09. The number of benzene rings is 1. The molecule has 0 bridgehead atoms. The quantitative estimate of drug-likeness (QED) is 0.542.